The van der Waals surface area contributed by atoms with Crippen molar-refractivity contribution in [3.8, 4) is 11.5 Å². The van der Waals surface area contributed by atoms with Gasteiger partial charge in [-0.2, -0.15) is 4.31 Å². The zero-order chi connectivity index (χ0) is 24.5. The van der Waals surface area contributed by atoms with Crippen molar-refractivity contribution in [2.75, 3.05) is 25.2 Å². The Morgan fingerprint density at radius 1 is 1.06 bits per heavy atom. The summed E-state index contributed by atoms with van der Waals surface area (Å²) >= 11 is 0. The van der Waals surface area contributed by atoms with Gasteiger partial charge in [-0.1, -0.05) is 17.7 Å². The third-order valence-corrected chi connectivity index (χ3v) is 8.10. The van der Waals surface area contributed by atoms with E-state index in [1.165, 1.54) is 11.2 Å². The van der Waals surface area contributed by atoms with E-state index in [1.54, 1.807) is 37.3 Å². The van der Waals surface area contributed by atoms with Crippen LogP contribution in [0.1, 0.15) is 30.9 Å². The first kappa shape index (κ1) is 24.0. The average molecular weight is 489 g/mol. The number of hydrogen-bond donors (Lipinski definition) is 1. The van der Waals surface area contributed by atoms with Crippen molar-refractivity contribution in [1.29, 1.82) is 0 Å². The fourth-order valence-corrected chi connectivity index (χ4v) is 5.78. The second-order valence-electron chi connectivity index (χ2n) is 8.58. The monoisotopic (exact) mass is 488 g/mol. The topological polar surface area (TPSA) is 111 Å². The number of nitrogens with zero attached hydrogens (tertiary/aromatic N) is 1. The number of piperidine rings is 1. The van der Waals surface area contributed by atoms with E-state index in [4.69, 9.17) is 14.2 Å². The minimum Gasteiger partial charge on any atom is -0.454 e. The molecule has 1 amide bonds. The third kappa shape index (κ3) is 5.02. The molecule has 1 fully saturated rings. The van der Waals surface area contributed by atoms with Crippen molar-refractivity contribution in [3.05, 3.63) is 47.5 Å². The van der Waals surface area contributed by atoms with Crippen LogP contribution in [0, 0.1) is 19.8 Å². The number of aryl methyl sites for hydroxylation is 2. The molecule has 182 valence electrons. The van der Waals surface area contributed by atoms with Gasteiger partial charge in [0.2, 0.25) is 16.8 Å². The van der Waals surface area contributed by atoms with E-state index in [-0.39, 0.29) is 24.8 Å². The number of carbonyl (C=O) groups excluding carboxylic acids is 2. The van der Waals surface area contributed by atoms with Crippen LogP contribution in [0.4, 0.5) is 5.69 Å². The van der Waals surface area contributed by atoms with Gasteiger partial charge in [0.25, 0.3) is 5.91 Å². The van der Waals surface area contributed by atoms with Crippen LogP contribution in [-0.2, 0) is 24.3 Å². The maximum atomic E-state index is 13.0. The molecule has 0 radical (unpaired) electrons. The highest BCUT2D eigenvalue weighted by Crippen LogP contribution is 2.34. The molecule has 0 bridgehead atoms. The van der Waals surface area contributed by atoms with Crippen LogP contribution >= 0.6 is 0 Å². The van der Waals surface area contributed by atoms with Crippen LogP contribution in [0.3, 0.4) is 0 Å². The molecule has 1 N–H and O–H groups in total. The number of nitrogens with one attached hydrogen (secondary N) is 1. The number of carbonyl (C=O) groups is 2. The Hall–Kier alpha value is -3.11. The zero-order valence-electron chi connectivity index (χ0n) is 19.4. The van der Waals surface area contributed by atoms with Crippen molar-refractivity contribution in [2.45, 2.75) is 44.6 Å². The van der Waals surface area contributed by atoms with Crippen LogP contribution in [0.5, 0.6) is 11.5 Å². The first-order valence-electron chi connectivity index (χ1n) is 11.1. The highest BCUT2D eigenvalue weighted by molar-refractivity contribution is 7.89. The molecule has 1 saturated heterocycles. The quantitative estimate of drug-likeness (QED) is 0.622. The number of amides is 1. The van der Waals surface area contributed by atoms with Crippen molar-refractivity contribution < 1.29 is 32.2 Å². The van der Waals surface area contributed by atoms with Gasteiger partial charge in [0.15, 0.2) is 17.6 Å². The Morgan fingerprint density at radius 3 is 2.47 bits per heavy atom. The van der Waals surface area contributed by atoms with Gasteiger partial charge in [-0.25, -0.2) is 8.42 Å². The lowest BCUT2D eigenvalue weighted by atomic mass is 9.98. The van der Waals surface area contributed by atoms with Gasteiger partial charge in [0.05, 0.1) is 10.8 Å². The van der Waals surface area contributed by atoms with E-state index in [2.05, 4.69) is 5.32 Å². The lowest BCUT2D eigenvalue weighted by molar-refractivity contribution is -0.158. The molecule has 9 nitrogen and oxygen atoms in total. The Labute approximate surface area is 199 Å². The van der Waals surface area contributed by atoms with Gasteiger partial charge < -0.3 is 19.5 Å². The van der Waals surface area contributed by atoms with E-state index < -0.39 is 33.9 Å². The maximum Gasteiger partial charge on any atom is 0.309 e. The first-order valence-corrected chi connectivity index (χ1v) is 12.6. The highest BCUT2D eigenvalue weighted by atomic mass is 32.2. The van der Waals surface area contributed by atoms with Crippen LogP contribution in [0.15, 0.2) is 41.3 Å². The number of ether oxygens (including phenoxy) is 3. The summed E-state index contributed by atoms with van der Waals surface area (Å²) in [6.07, 6.45) is -0.339. The van der Waals surface area contributed by atoms with Crippen molar-refractivity contribution in [1.82, 2.24) is 4.31 Å². The zero-order valence-corrected chi connectivity index (χ0v) is 20.2. The second kappa shape index (κ2) is 9.63. The van der Waals surface area contributed by atoms with Gasteiger partial charge in [0.1, 0.15) is 0 Å². The van der Waals surface area contributed by atoms with Crippen LogP contribution < -0.4 is 14.8 Å². The minimum absolute atomic E-state index is 0.130. The molecule has 0 saturated carbocycles. The van der Waals surface area contributed by atoms with E-state index in [0.717, 1.165) is 5.56 Å². The minimum atomic E-state index is -3.64. The smallest absolute Gasteiger partial charge is 0.309 e. The van der Waals surface area contributed by atoms with Crippen molar-refractivity contribution in [3.63, 3.8) is 0 Å². The van der Waals surface area contributed by atoms with Gasteiger partial charge in [-0.3, -0.25) is 9.59 Å². The fourth-order valence-electron chi connectivity index (χ4n) is 4.10. The van der Waals surface area contributed by atoms with Gasteiger partial charge in [-0.15, -0.1) is 0 Å². The van der Waals surface area contributed by atoms with Crippen LogP contribution in [0.2, 0.25) is 0 Å². The molecule has 0 aromatic heterocycles. The van der Waals surface area contributed by atoms with Gasteiger partial charge in [-0.05, 0) is 57.4 Å². The molecule has 1 unspecified atom stereocenters. The molecule has 2 aliphatic rings. The molecule has 1 atom stereocenters. The van der Waals surface area contributed by atoms with Crippen LogP contribution in [0.25, 0.3) is 0 Å². The Bertz CT molecular complexity index is 1200. The molecule has 10 heteroatoms. The van der Waals surface area contributed by atoms with E-state index in [1.807, 2.05) is 13.0 Å². The normalized spacial score (nSPS) is 17.3. The summed E-state index contributed by atoms with van der Waals surface area (Å²) in [5, 5.41) is 2.69. The predicted molar refractivity (Wildman–Crippen MR) is 124 cm³/mol. The summed E-state index contributed by atoms with van der Waals surface area (Å²) in [5.74, 6) is -0.307. The average Bonchev–Trinajstić information content (AvgIpc) is 3.26. The number of fused-ring (bicyclic) bond motifs is 1. The molecular weight excluding hydrogens is 460 g/mol. The molecule has 2 aliphatic heterocycles. The summed E-state index contributed by atoms with van der Waals surface area (Å²) in [6, 6.07) is 10.2. The lowest BCUT2D eigenvalue weighted by Crippen LogP contribution is -2.42. The molecule has 2 aromatic rings. The predicted octanol–water partition coefficient (Wildman–Crippen LogP) is 3.00. The fraction of sp³-hybridized carbons (Fsp3) is 0.417. The van der Waals surface area contributed by atoms with E-state index in [0.29, 0.717) is 35.6 Å². The second-order valence-corrected chi connectivity index (χ2v) is 10.5. The number of sulfonamides is 1. The summed E-state index contributed by atoms with van der Waals surface area (Å²) in [5.41, 5.74) is 2.19. The maximum absolute atomic E-state index is 13.0. The first-order chi connectivity index (χ1) is 16.1. The molecule has 34 heavy (non-hydrogen) atoms. The number of esters is 1. The SMILES string of the molecule is Cc1ccc(S(=O)(=O)N2CCC(C(=O)OC(C)C(=O)Nc3ccc4c(c3)OCO4)CC2)c(C)c1. The number of rotatable bonds is 6. The summed E-state index contributed by atoms with van der Waals surface area (Å²) in [7, 11) is -3.64. The number of anilines is 1. The largest absolute Gasteiger partial charge is 0.454 e. The van der Waals surface area contributed by atoms with Gasteiger partial charge in [0, 0.05) is 24.8 Å². The summed E-state index contributed by atoms with van der Waals surface area (Å²) in [4.78, 5) is 25.4. The third-order valence-electron chi connectivity index (χ3n) is 6.04. The van der Waals surface area contributed by atoms with Crippen LogP contribution in [-0.4, -0.2) is 50.6 Å². The number of benzene rings is 2. The van der Waals surface area contributed by atoms with Crippen molar-refractivity contribution >= 4 is 27.6 Å². The Morgan fingerprint density at radius 2 is 1.76 bits per heavy atom. The standard InChI is InChI=1S/C24H28N2O7S/c1-15-4-7-22(16(2)12-15)34(29,30)26-10-8-18(9-11-26)24(28)33-17(3)23(27)25-19-5-6-20-21(13-19)32-14-31-20/h4-7,12-13,17-18H,8-11,14H2,1-3H3,(H,25,27). The Balaban J connectivity index is 1.30. The summed E-state index contributed by atoms with van der Waals surface area (Å²) in [6.45, 7) is 5.75. The van der Waals surface area contributed by atoms with Gasteiger partial charge >= 0.3 is 5.97 Å². The van der Waals surface area contributed by atoms with Crippen molar-refractivity contribution in [2.24, 2.45) is 5.92 Å². The molecule has 4 rings (SSSR count). The molecule has 0 spiro atoms. The molecular formula is C24H28N2O7S. The molecule has 2 heterocycles. The number of hydrogen-bond acceptors (Lipinski definition) is 7. The molecule has 0 aliphatic carbocycles. The highest BCUT2D eigenvalue weighted by Gasteiger charge is 2.34. The summed E-state index contributed by atoms with van der Waals surface area (Å²) < 4.78 is 43.4. The van der Waals surface area contributed by atoms with E-state index in [9.17, 15) is 18.0 Å². The van der Waals surface area contributed by atoms with E-state index >= 15 is 0 Å². The Kier molecular flexibility index (Phi) is 6.81. The molecule has 2 aromatic carbocycles. The lowest BCUT2D eigenvalue weighted by Gasteiger charge is -2.31.